The van der Waals surface area contributed by atoms with Gasteiger partial charge in [0.2, 0.25) is 0 Å². The minimum atomic E-state index is -1.88. The van der Waals surface area contributed by atoms with E-state index in [1.54, 1.807) is 46.8 Å². The molecule has 0 spiro atoms. The monoisotopic (exact) mass is 695 g/mol. The maximum atomic E-state index is 13.6. The Morgan fingerprint density at radius 2 is 1.73 bits per heavy atom. The molecule has 13 nitrogen and oxygen atoms in total. The number of ether oxygens (including phenoxy) is 4. The van der Waals surface area contributed by atoms with Gasteiger partial charge in [0.1, 0.15) is 29.3 Å². The maximum Gasteiger partial charge on any atom is 0.311 e. The third kappa shape index (κ3) is 9.17. The van der Waals surface area contributed by atoms with E-state index < -0.39 is 77.7 Å². The fraction of sp³-hybridized carbons (Fsp3) is 0.806. The Kier molecular flexibility index (Phi) is 14.2. The predicted molar refractivity (Wildman–Crippen MR) is 185 cm³/mol. The van der Waals surface area contributed by atoms with Gasteiger partial charge in [-0.1, -0.05) is 27.7 Å². The summed E-state index contributed by atoms with van der Waals surface area (Å²) in [6.07, 6.45) is -4.43. The quantitative estimate of drug-likeness (QED) is 0.187. The topological polar surface area (TPSA) is 176 Å². The number of esters is 1. The van der Waals surface area contributed by atoms with Crippen molar-refractivity contribution in [1.82, 2.24) is 4.90 Å². The van der Waals surface area contributed by atoms with Gasteiger partial charge >= 0.3 is 5.97 Å². The molecule has 0 aromatic carbocycles. The summed E-state index contributed by atoms with van der Waals surface area (Å²) in [6.45, 7) is 15.7. The average Bonchev–Trinajstić information content (AvgIpc) is 3.60. The molecule has 1 aromatic rings. The number of hydrogen-bond donors (Lipinski definition) is 4. The van der Waals surface area contributed by atoms with Gasteiger partial charge in [-0.2, -0.15) is 10.2 Å². The van der Waals surface area contributed by atoms with Crippen LogP contribution < -0.4 is 0 Å². The van der Waals surface area contributed by atoms with Crippen molar-refractivity contribution >= 4 is 17.4 Å². The number of rotatable bonds is 7. The van der Waals surface area contributed by atoms with E-state index in [1.807, 2.05) is 39.8 Å². The Morgan fingerprint density at radius 3 is 2.29 bits per heavy atom. The van der Waals surface area contributed by atoms with Gasteiger partial charge in [-0.3, -0.25) is 4.79 Å². The summed E-state index contributed by atoms with van der Waals surface area (Å²) in [5.41, 5.74) is -2.08. The van der Waals surface area contributed by atoms with Crippen molar-refractivity contribution in [2.45, 2.75) is 142 Å². The number of carbonyl (C=O) groups is 1. The number of cyclic esters (lactones) is 1. The van der Waals surface area contributed by atoms with Gasteiger partial charge in [-0.05, 0) is 86.0 Å². The van der Waals surface area contributed by atoms with E-state index in [2.05, 4.69) is 10.2 Å². The fourth-order valence-corrected chi connectivity index (χ4v) is 7.45. The third-order valence-corrected chi connectivity index (χ3v) is 10.8. The highest BCUT2D eigenvalue weighted by molar-refractivity contribution is 5.97. The van der Waals surface area contributed by atoms with Gasteiger partial charge < -0.3 is 48.7 Å². The van der Waals surface area contributed by atoms with E-state index in [0.29, 0.717) is 23.6 Å². The molecule has 2 saturated heterocycles. The smallest absolute Gasteiger partial charge is 0.311 e. The van der Waals surface area contributed by atoms with Crippen LogP contribution in [0.4, 0.5) is 0 Å². The van der Waals surface area contributed by atoms with Crippen molar-refractivity contribution in [2.75, 3.05) is 21.2 Å². The van der Waals surface area contributed by atoms with Gasteiger partial charge in [0.25, 0.3) is 0 Å². The molecule has 3 heterocycles. The molecule has 49 heavy (non-hydrogen) atoms. The Morgan fingerprint density at radius 1 is 1.08 bits per heavy atom. The number of aliphatic hydroxyl groups is 4. The van der Waals surface area contributed by atoms with Gasteiger partial charge in [-0.15, -0.1) is 0 Å². The first-order valence-corrected chi connectivity index (χ1v) is 17.5. The SMILES string of the molecule is CCC1OC(=O)C(C)C(O)C(C)C(OC2OC(C)CC(N(C)C)C2O)C(C)(OC)CC(C)C(=NN=C(C)c2ccco2)C(C)C(O)C1(C)O. The number of likely N-dealkylation sites (N-methyl/N-ethyl adjacent to an activating group) is 1. The molecule has 14 unspecified atom stereocenters. The summed E-state index contributed by atoms with van der Waals surface area (Å²) >= 11 is 0. The molecule has 0 radical (unpaired) electrons. The van der Waals surface area contributed by atoms with E-state index >= 15 is 0 Å². The van der Waals surface area contributed by atoms with Crippen LogP contribution in [0.5, 0.6) is 0 Å². The number of aliphatic hydroxyl groups excluding tert-OH is 3. The second kappa shape index (κ2) is 16.9. The molecule has 0 amide bonds. The second-order valence-corrected chi connectivity index (χ2v) is 14.9. The van der Waals surface area contributed by atoms with Crippen molar-refractivity contribution in [2.24, 2.45) is 33.9 Å². The summed E-state index contributed by atoms with van der Waals surface area (Å²) in [6, 6.07) is 3.26. The lowest BCUT2D eigenvalue weighted by Gasteiger charge is -2.48. The highest BCUT2D eigenvalue weighted by Gasteiger charge is 2.51. The molecule has 0 aliphatic carbocycles. The van der Waals surface area contributed by atoms with E-state index in [9.17, 15) is 25.2 Å². The molecular formula is C36H61N3O10. The maximum absolute atomic E-state index is 13.6. The predicted octanol–water partition coefficient (Wildman–Crippen LogP) is 3.40. The van der Waals surface area contributed by atoms with Crippen molar-refractivity contribution in [1.29, 1.82) is 0 Å². The van der Waals surface area contributed by atoms with Crippen LogP contribution in [0.25, 0.3) is 0 Å². The van der Waals surface area contributed by atoms with Gasteiger partial charge in [-0.25, -0.2) is 0 Å². The van der Waals surface area contributed by atoms with Crippen LogP contribution in [0.2, 0.25) is 0 Å². The van der Waals surface area contributed by atoms with Gasteiger partial charge in [0.15, 0.2) is 6.29 Å². The zero-order valence-electron chi connectivity index (χ0n) is 31.4. The summed E-state index contributed by atoms with van der Waals surface area (Å²) in [4.78, 5) is 15.5. The van der Waals surface area contributed by atoms with E-state index in [4.69, 9.17) is 23.4 Å². The van der Waals surface area contributed by atoms with Crippen LogP contribution in [0.3, 0.4) is 0 Å². The molecule has 2 fully saturated rings. The first kappa shape index (κ1) is 41.2. The number of furan rings is 1. The minimum absolute atomic E-state index is 0.203. The Balaban J connectivity index is 2.19. The summed E-state index contributed by atoms with van der Waals surface area (Å²) in [5.74, 6) is -3.18. The summed E-state index contributed by atoms with van der Waals surface area (Å²) < 4.78 is 30.4. The molecule has 13 heteroatoms. The van der Waals surface area contributed by atoms with Crippen LogP contribution in [0.15, 0.2) is 33.0 Å². The first-order valence-electron chi connectivity index (χ1n) is 17.5. The lowest BCUT2D eigenvalue weighted by Crippen LogP contribution is -2.60. The summed E-state index contributed by atoms with van der Waals surface area (Å²) in [7, 11) is 5.31. The Bertz CT molecular complexity index is 1270. The van der Waals surface area contributed by atoms with Crippen LogP contribution in [-0.2, 0) is 23.7 Å². The molecule has 14 atom stereocenters. The number of hydrogen-bond acceptors (Lipinski definition) is 13. The molecule has 3 rings (SSSR count). The Labute approximate surface area is 291 Å². The first-order chi connectivity index (χ1) is 22.8. The molecule has 4 N–H and O–H groups in total. The van der Waals surface area contributed by atoms with E-state index in [-0.39, 0.29) is 25.0 Å². The third-order valence-electron chi connectivity index (χ3n) is 10.8. The average molecular weight is 696 g/mol. The minimum Gasteiger partial charge on any atom is -0.463 e. The van der Waals surface area contributed by atoms with Crippen molar-refractivity contribution in [3.05, 3.63) is 24.2 Å². The highest BCUT2D eigenvalue weighted by atomic mass is 16.7. The standard InChI is InChI=1S/C36H61N3O10/c1-13-27-36(9,44)31(42)21(4)28(38-37-24(7)26-15-14-16-46-26)19(2)18-35(8,45-12)32(22(5)29(40)23(6)33(43)48-27)49-34-30(41)25(39(10)11)17-20(3)47-34/h14-16,19-23,25,27,29-32,34,40-42,44H,13,17-18H2,1-12H3. The molecule has 2 aliphatic rings. The molecule has 280 valence electrons. The second-order valence-electron chi connectivity index (χ2n) is 14.9. The van der Waals surface area contributed by atoms with Crippen LogP contribution in [0, 0.1) is 23.7 Å². The lowest BCUT2D eigenvalue weighted by molar-refractivity contribution is -0.301. The normalized spacial score (nSPS) is 43.0. The van der Waals surface area contributed by atoms with Crippen LogP contribution in [-0.4, -0.2) is 124 Å². The lowest BCUT2D eigenvalue weighted by atomic mass is 9.73. The van der Waals surface area contributed by atoms with Crippen molar-refractivity contribution < 1.29 is 48.6 Å². The van der Waals surface area contributed by atoms with E-state index in [0.717, 1.165) is 0 Å². The fourth-order valence-electron chi connectivity index (χ4n) is 7.45. The Hall–Kier alpha value is -2.23. The van der Waals surface area contributed by atoms with E-state index in [1.165, 1.54) is 20.3 Å². The zero-order valence-corrected chi connectivity index (χ0v) is 31.4. The zero-order chi connectivity index (χ0) is 37.0. The molecular weight excluding hydrogens is 634 g/mol. The van der Waals surface area contributed by atoms with Gasteiger partial charge in [0.05, 0.1) is 42.2 Å². The summed E-state index contributed by atoms with van der Waals surface area (Å²) in [5, 5.41) is 55.7. The molecule has 0 bridgehead atoms. The van der Waals surface area contributed by atoms with Crippen molar-refractivity contribution in [3.8, 4) is 0 Å². The van der Waals surface area contributed by atoms with Crippen LogP contribution >= 0.6 is 0 Å². The molecule has 0 saturated carbocycles. The molecule has 2 aliphatic heterocycles. The van der Waals surface area contributed by atoms with Crippen LogP contribution in [0.1, 0.15) is 87.3 Å². The van der Waals surface area contributed by atoms with Crippen molar-refractivity contribution in [3.63, 3.8) is 0 Å². The number of carbonyl (C=O) groups excluding carboxylic acids is 1. The number of methoxy groups -OCH3 is 1. The largest absolute Gasteiger partial charge is 0.463 e. The highest BCUT2D eigenvalue weighted by Crippen LogP contribution is 2.39. The van der Waals surface area contributed by atoms with Gasteiger partial charge in [0, 0.05) is 30.7 Å². The number of nitrogens with zero attached hydrogens (tertiary/aromatic N) is 3. The molecule has 1 aromatic heterocycles.